The highest BCUT2D eigenvalue weighted by molar-refractivity contribution is 5.90. The Balaban J connectivity index is 1.72. The van der Waals surface area contributed by atoms with Gasteiger partial charge in [-0.3, -0.25) is 4.79 Å². The van der Waals surface area contributed by atoms with Crippen LogP contribution in [0.4, 0.5) is 5.82 Å². The summed E-state index contributed by atoms with van der Waals surface area (Å²) in [5.41, 5.74) is 4.31. The van der Waals surface area contributed by atoms with Gasteiger partial charge in [0.1, 0.15) is 12.1 Å². The lowest BCUT2D eigenvalue weighted by atomic mass is 10.1. The smallest absolute Gasteiger partial charge is 0.151 e. The zero-order valence-corrected chi connectivity index (χ0v) is 16.1. The SMILES string of the molecule is CC(Nc1ncnc2ccc(-n3cc(C=O)c(CCO)c3)cc12)c1ccccc1. The van der Waals surface area contributed by atoms with Gasteiger partial charge in [-0.1, -0.05) is 30.3 Å². The van der Waals surface area contributed by atoms with Crippen LogP contribution in [0.3, 0.4) is 0 Å². The van der Waals surface area contributed by atoms with Crippen LogP contribution in [0.25, 0.3) is 16.6 Å². The van der Waals surface area contributed by atoms with Crippen LogP contribution in [0, 0.1) is 0 Å². The Labute approximate surface area is 168 Å². The maximum Gasteiger partial charge on any atom is 0.151 e. The molecular weight excluding hydrogens is 364 g/mol. The van der Waals surface area contributed by atoms with Crippen molar-refractivity contribution >= 4 is 23.0 Å². The fourth-order valence-electron chi connectivity index (χ4n) is 3.45. The fourth-order valence-corrected chi connectivity index (χ4v) is 3.45. The van der Waals surface area contributed by atoms with Crippen molar-refractivity contribution in [3.63, 3.8) is 0 Å². The molecule has 0 saturated heterocycles. The number of fused-ring (bicyclic) bond motifs is 1. The van der Waals surface area contributed by atoms with Gasteiger partial charge in [0.2, 0.25) is 0 Å². The third-order valence-electron chi connectivity index (χ3n) is 5.02. The van der Waals surface area contributed by atoms with Crippen LogP contribution >= 0.6 is 0 Å². The lowest BCUT2D eigenvalue weighted by molar-refractivity contribution is 0.112. The summed E-state index contributed by atoms with van der Waals surface area (Å²) in [6, 6.07) is 16.2. The van der Waals surface area contributed by atoms with Gasteiger partial charge in [0, 0.05) is 41.7 Å². The van der Waals surface area contributed by atoms with E-state index >= 15 is 0 Å². The monoisotopic (exact) mass is 386 g/mol. The zero-order valence-electron chi connectivity index (χ0n) is 16.1. The Bertz CT molecular complexity index is 1140. The van der Waals surface area contributed by atoms with E-state index < -0.39 is 0 Å². The minimum atomic E-state index is 0.00184. The summed E-state index contributed by atoms with van der Waals surface area (Å²) in [5.74, 6) is 0.756. The van der Waals surface area contributed by atoms with Crippen molar-refractivity contribution in [3.05, 3.63) is 83.9 Å². The van der Waals surface area contributed by atoms with Crippen LogP contribution in [0.2, 0.25) is 0 Å². The summed E-state index contributed by atoms with van der Waals surface area (Å²) in [6.45, 7) is 2.10. The van der Waals surface area contributed by atoms with Gasteiger partial charge in [0.05, 0.1) is 5.52 Å². The van der Waals surface area contributed by atoms with E-state index in [-0.39, 0.29) is 12.6 Å². The van der Waals surface area contributed by atoms with Gasteiger partial charge in [-0.05, 0) is 42.7 Å². The highest BCUT2D eigenvalue weighted by atomic mass is 16.3. The number of benzene rings is 2. The number of hydrogen-bond acceptors (Lipinski definition) is 5. The van der Waals surface area contributed by atoms with Crippen LogP contribution < -0.4 is 5.32 Å². The Kier molecular flexibility index (Phi) is 5.35. The lowest BCUT2D eigenvalue weighted by Gasteiger charge is -2.16. The minimum Gasteiger partial charge on any atom is -0.396 e. The second kappa shape index (κ2) is 8.24. The summed E-state index contributed by atoms with van der Waals surface area (Å²) in [6.07, 6.45) is 6.48. The van der Waals surface area contributed by atoms with Crippen molar-refractivity contribution in [1.29, 1.82) is 0 Å². The van der Waals surface area contributed by atoms with E-state index in [4.69, 9.17) is 0 Å². The number of rotatable bonds is 7. The molecule has 0 amide bonds. The molecule has 0 aliphatic rings. The van der Waals surface area contributed by atoms with Gasteiger partial charge in [-0.25, -0.2) is 9.97 Å². The molecule has 0 aliphatic carbocycles. The number of nitrogens with one attached hydrogen (secondary N) is 1. The largest absolute Gasteiger partial charge is 0.396 e. The zero-order chi connectivity index (χ0) is 20.2. The first kappa shape index (κ1) is 18.8. The van der Waals surface area contributed by atoms with E-state index in [1.807, 2.05) is 47.2 Å². The molecule has 2 aromatic heterocycles. The summed E-state index contributed by atoms with van der Waals surface area (Å²) < 4.78 is 1.89. The topological polar surface area (TPSA) is 80.0 Å². The summed E-state index contributed by atoms with van der Waals surface area (Å²) in [4.78, 5) is 20.2. The molecule has 1 atom stereocenters. The Morgan fingerprint density at radius 2 is 1.97 bits per heavy atom. The number of anilines is 1. The van der Waals surface area contributed by atoms with E-state index in [0.29, 0.717) is 12.0 Å². The van der Waals surface area contributed by atoms with Crippen LogP contribution in [0.15, 0.2) is 67.3 Å². The fraction of sp³-hybridized carbons (Fsp3) is 0.174. The molecule has 1 unspecified atom stereocenters. The van der Waals surface area contributed by atoms with Crippen molar-refractivity contribution in [1.82, 2.24) is 14.5 Å². The van der Waals surface area contributed by atoms with Crippen LogP contribution in [0.1, 0.15) is 34.5 Å². The third-order valence-corrected chi connectivity index (χ3v) is 5.02. The van der Waals surface area contributed by atoms with Crippen molar-refractivity contribution in [2.75, 3.05) is 11.9 Å². The standard InChI is InChI=1S/C23H22N4O2/c1-16(17-5-3-2-4-6-17)26-23-21-11-20(7-8-22(21)24-15-25-23)27-12-18(9-10-28)19(13-27)14-29/h2-8,11-16,28H,9-10H2,1H3,(H,24,25,26). The van der Waals surface area contributed by atoms with Gasteiger partial charge in [0.25, 0.3) is 0 Å². The molecule has 6 heteroatoms. The van der Waals surface area contributed by atoms with Crippen molar-refractivity contribution in [3.8, 4) is 5.69 Å². The predicted molar refractivity (Wildman–Crippen MR) is 114 cm³/mol. The Hall–Kier alpha value is -3.51. The van der Waals surface area contributed by atoms with Gasteiger partial charge in [0.15, 0.2) is 6.29 Å². The first-order chi connectivity index (χ1) is 14.2. The molecule has 2 aromatic carbocycles. The maximum absolute atomic E-state index is 11.3. The summed E-state index contributed by atoms with van der Waals surface area (Å²) in [5, 5.41) is 13.6. The molecule has 0 aliphatic heterocycles. The van der Waals surface area contributed by atoms with Crippen molar-refractivity contribution in [2.45, 2.75) is 19.4 Å². The summed E-state index contributed by atoms with van der Waals surface area (Å²) in [7, 11) is 0. The highest BCUT2D eigenvalue weighted by Gasteiger charge is 2.12. The Morgan fingerprint density at radius 1 is 1.14 bits per heavy atom. The normalized spacial score (nSPS) is 12.1. The molecule has 2 heterocycles. The van der Waals surface area contributed by atoms with Gasteiger partial charge in [-0.2, -0.15) is 0 Å². The summed E-state index contributed by atoms with van der Waals surface area (Å²) >= 11 is 0. The van der Waals surface area contributed by atoms with E-state index in [1.54, 1.807) is 12.5 Å². The van der Waals surface area contributed by atoms with Gasteiger partial charge >= 0.3 is 0 Å². The van der Waals surface area contributed by atoms with E-state index in [1.165, 1.54) is 5.56 Å². The van der Waals surface area contributed by atoms with Gasteiger partial charge in [-0.15, -0.1) is 0 Å². The van der Waals surface area contributed by atoms with E-state index in [0.717, 1.165) is 34.3 Å². The molecule has 0 bridgehead atoms. The molecule has 6 nitrogen and oxygen atoms in total. The lowest BCUT2D eigenvalue weighted by Crippen LogP contribution is -2.08. The van der Waals surface area contributed by atoms with Crippen molar-refractivity contribution < 1.29 is 9.90 Å². The number of aromatic nitrogens is 3. The molecule has 2 N–H and O–H groups in total. The molecule has 0 fully saturated rings. The van der Waals surface area contributed by atoms with Crippen LogP contribution in [0.5, 0.6) is 0 Å². The number of nitrogens with zero attached hydrogens (tertiary/aromatic N) is 3. The quantitative estimate of drug-likeness (QED) is 0.470. The second-order valence-electron chi connectivity index (χ2n) is 6.94. The van der Waals surface area contributed by atoms with Crippen molar-refractivity contribution in [2.24, 2.45) is 0 Å². The maximum atomic E-state index is 11.3. The molecule has 0 saturated carbocycles. The molecule has 0 radical (unpaired) electrons. The molecule has 146 valence electrons. The average molecular weight is 386 g/mol. The number of aliphatic hydroxyl groups excluding tert-OH is 1. The van der Waals surface area contributed by atoms with Crippen LogP contribution in [-0.4, -0.2) is 32.5 Å². The average Bonchev–Trinajstić information content (AvgIpc) is 3.17. The predicted octanol–water partition coefficient (Wildman–Crippen LogP) is 3.94. The molecule has 4 rings (SSSR count). The number of aldehydes is 1. The first-order valence-electron chi connectivity index (χ1n) is 9.53. The third kappa shape index (κ3) is 3.88. The molecule has 29 heavy (non-hydrogen) atoms. The molecule has 4 aromatic rings. The molecular formula is C23H22N4O2. The van der Waals surface area contributed by atoms with Gasteiger partial charge < -0.3 is 15.0 Å². The van der Waals surface area contributed by atoms with Crippen LogP contribution in [-0.2, 0) is 6.42 Å². The molecule has 0 spiro atoms. The highest BCUT2D eigenvalue weighted by Crippen LogP contribution is 2.26. The minimum absolute atomic E-state index is 0.00184. The van der Waals surface area contributed by atoms with E-state index in [9.17, 15) is 9.90 Å². The number of hydrogen-bond donors (Lipinski definition) is 2. The number of carbonyl (C=O) groups is 1. The number of carbonyl (C=O) groups excluding carboxylic acids is 1. The second-order valence-corrected chi connectivity index (χ2v) is 6.94. The van der Waals surface area contributed by atoms with E-state index in [2.05, 4.69) is 34.3 Å². The number of aliphatic hydroxyl groups is 1. The Morgan fingerprint density at radius 3 is 2.72 bits per heavy atom. The first-order valence-corrected chi connectivity index (χ1v) is 9.53.